The van der Waals surface area contributed by atoms with Crippen LogP contribution in [-0.4, -0.2) is 5.78 Å². The minimum atomic E-state index is 0.253. The van der Waals surface area contributed by atoms with Crippen LogP contribution in [0.4, 0.5) is 0 Å². The van der Waals surface area contributed by atoms with Gasteiger partial charge in [0.2, 0.25) is 0 Å². The molecule has 0 N–H and O–H groups in total. The van der Waals surface area contributed by atoms with Crippen LogP contribution in [0.25, 0.3) is 0 Å². The largest absolute Gasteiger partial charge is 0.299 e. The minimum Gasteiger partial charge on any atom is -0.299 e. The summed E-state index contributed by atoms with van der Waals surface area (Å²) in [6.45, 7) is 0. The standard InChI is InChI=1S/C29H26O/c30-29(21-27-15-7-13-25(19-27)17-23-9-3-1-4-10-23)22-28-16-8-14-26(20-28)18-24-11-5-2-6-12-24/h1-16,19-20H,17-18,21-22H2. The Morgan fingerprint density at radius 2 is 0.800 bits per heavy atom. The Hall–Kier alpha value is -3.45. The third kappa shape index (κ3) is 5.78. The second kappa shape index (κ2) is 9.84. The topological polar surface area (TPSA) is 17.1 Å². The molecule has 0 aliphatic carbocycles. The Bertz CT molecular complexity index is 1010. The van der Waals surface area contributed by atoms with Gasteiger partial charge in [-0.05, 0) is 46.2 Å². The van der Waals surface area contributed by atoms with Gasteiger partial charge in [0.15, 0.2) is 0 Å². The zero-order chi connectivity index (χ0) is 20.6. The van der Waals surface area contributed by atoms with Crippen LogP contribution in [-0.2, 0) is 30.5 Å². The van der Waals surface area contributed by atoms with E-state index < -0.39 is 0 Å². The third-order valence-corrected chi connectivity index (χ3v) is 5.29. The maximum Gasteiger partial charge on any atom is 0.141 e. The van der Waals surface area contributed by atoms with E-state index in [0.29, 0.717) is 12.8 Å². The predicted octanol–water partition coefficient (Wildman–Crippen LogP) is 6.22. The SMILES string of the molecule is O=C(Cc1cccc(Cc2ccccc2)c1)Cc1cccc(Cc2ccccc2)c1. The lowest BCUT2D eigenvalue weighted by molar-refractivity contribution is -0.117. The van der Waals surface area contributed by atoms with Gasteiger partial charge in [-0.2, -0.15) is 0 Å². The van der Waals surface area contributed by atoms with Gasteiger partial charge in [-0.25, -0.2) is 0 Å². The van der Waals surface area contributed by atoms with Crippen LogP contribution in [0, 0.1) is 0 Å². The normalized spacial score (nSPS) is 10.7. The molecule has 0 atom stereocenters. The Kier molecular flexibility index (Phi) is 6.51. The highest BCUT2D eigenvalue weighted by Gasteiger charge is 2.07. The molecule has 0 bridgehead atoms. The third-order valence-electron chi connectivity index (χ3n) is 5.29. The van der Waals surface area contributed by atoms with Crippen LogP contribution in [0.5, 0.6) is 0 Å². The molecule has 1 nitrogen and oxygen atoms in total. The Morgan fingerprint density at radius 3 is 1.23 bits per heavy atom. The molecule has 0 aromatic heterocycles. The average Bonchev–Trinajstić information content (AvgIpc) is 2.76. The molecule has 4 rings (SSSR count). The summed E-state index contributed by atoms with van der Waals surface area (Å²) in [5.74, 6) is 0.253. The monoisotopic (exact) mass is 390 g/mol. The number of rotatable bonds is 8. The van der Waals surface area contributed by atoms with Crippen LogP contribution in [0.2, 0.25) is 0 Å². The summed E-state index contributed by atoms with van der Waals surface area (Å²) >= 11 is 0. The number of ketones is 1. The number of hydrogen-bond acceptors (Lipinski definition) is 1. The fraction of sp³-hybridized carbons (Fsp3) is 0.138. The molecule has 4 aromatic carbocycles. The highest BCUT2D eigenvalue weighted by molar-refractivity contribution is 5.83. The fourth-order valence-electron chi connectivity index (χ4n) is 3.88. The van der Waals surface area contributed by atoms with Crippen LogP contribution in [0.15, 0.2) is 109 Å². The van der Waals surface area contributed by atoms with Crippen molar-refractivity contribution in [2.24, 2.45) is 0 Å². The first-order chi connectivity index (χ1) is 14.7. The molecule has 0 heterocycles. The van der Waals surface area contributed by atoms with Crippen molar-refractivity contribution in [3.8, 4) is 0 Å². The summed E-state index contributed by atoms with van der Waals surface area (Å²) in [6, 6.07) is 37.7. The van der Waals surface area contributed by atoms with Crippen molar-refractivity contribution >= 4 is 5.78 Å². The van der Waals surface area contributed by atoms with Crippen molar-refractivity contribution in [2.75, 3.05) is 0 Å². The highest BCUT2D eigenvalue weighted by atomic mass is 16.1. The maximum absolute atomic E-state index is 12.7. The van der Waals surface area contributed by atoms with Crippen LogP contribution >= 0.6 is 0 Å². The van der Waals surface area contributed by atoms with Gasteiger partial charge < -0.3 is 0 Å². The number of Topliss-reactive ketones (excluding diaryl/α,β-unsaturated/α-hetero) is 1. The smallest absolute Gasteiger partial charge is 0.141 e. The van der Waals surface area contributed by atoms with Crippen LogP contribution in [0.1, 0.15) is 33.4 Å². The summed E-state index contributed by atoms with van der Waals surface area (Å²) in [6.07, 6.45) is 2.74. The summed E-state index contributed by atoms with van der Waals surface area (Å²) in [5.41, 5.74) is 7.25. The number of hydrogen-bond donors (Lipinski definition) is 0. The van der Waals surface area contributed by atoms with E-state index >= 15 is 0 Å². The van der Waals surface area contributed by atoms with Crippen molar-refractivity contribution in [1.82, 2.24) is 0 Å². The molecule has 0 amide bonds. The molecule has 1 heteroatoms. The molecule has 0 aliphatic rings. The van der Waals surface area contributed by atoms with Crippen LogP contribution in [0.3, 0.4) is 0 Å². The van der Waals surface area contributed by atoms with E-state index in [1.54, 1.807) is 0 Å². The van der Waals surface area contributed by atoms with Crippen molar-refractivity contribution in [3.05, 3.63) is 143 Å². The number of benzene rings is 4. The van der Waals surface area contributed by atoms with Gasteiger partial charge in [-0.1, -0.05) is 109 Å². The first kappa shape index (κ1) is 19.8. The Balaban J connectivity index is 1.38. The van der Waals surface area contributed by atoms with Gasteiger partial charge in [0.05, 0.1) is 0 Å². The lowest BCUT2D eigenvalue weighted by Crippen LogP contribution is -2.07. The molecule has 0 fully saturated rings. The molecule has 0 unspecified atom stereocenters. The molecule has 0 saturated carbocycles. The Morgan fingerprint density at radius 1 is 0.433 bits per heavy atom. The lowest BCUT2D eigenvalue weighted by atomic mass is 9.97. The molecule has 0 aliphatic heterocycles. The van der Waals surface area contributed by atoms with E-state index in [9.17, 15) is 4.79 Å². The van der Waals surface area contributed by atoms with Crippen molar-refractivity contribution in [1.29, 1.82) is 0 Å². The van der Waals surface area contributed by atoms with Crippen LogP contribution < -0.4 is 0 Å². The fourth-order valence-corrected chi connectivity index (χ4v) is 3.88. The summed E-state index contributed by atoms with van der Waals surface area (Å²) in [5, 5.41) is 0. The van der Waals surface area contributed by atoms with E-state index in [-0.39, 0.29) is 5.78 Å². The quantitative estimate of drug-likeness (QED) is 0.349. The highest BCUT2D eigenvalue weighted by Crippen LogP contribution is 2.15. The molecule has 4 aromatic rings. The summed E-state index contributed by atoms with van der Waals surface area (Å²) < 4.78 is 0. The lowest BCUT2D eigenvalue weighted by Gasteiger charge is -2.07. The Labute approximate surface area is 179 Å². The van der Waals surface area contributed by atoms with Gasteiger partial charge in [0.25, 0.3) is 0 Å². The second-order valence-corrected chi connectivity index (χ2v) is 7.86. The first-order valence-electron chi connectivity index (χ1n) is 10.5. The predicted molar refractivity (Wildman–Crippen MR) is 124 cm³/mol. The molecular weight excluding hydrogens is 364 g/mol. The zero-order valence-corrected chi connectivity index (χ0v) is 17.1. The van der Waals surface area contributed by atoms with Crippen molar-refractivity contribution < 1.29 is 4.79 Å². The van der Waals surface area contributed by atoms with E-state index in [1.807, 2.05) is 12.1 Å². The van der Waals surface area contributed by atoms with Crippen molar-refractivity contribution in [3.63, 3.8) is 0 Å². The molecule has 0 saturated heterocycles. The number of carbonyl (C=O) groups is 1. The molecule has 148 valence electrons. The van der Waals surface area contributed by atoms with E-state index in [0.717, 1.165) is 24.0 Å². The summed E-state index contributed by atoms with van der Waals surface area (Å²) in [4.78, 5) is 12.7. The van der Waals surface area contributed by atoms with Gasteiger partial charge >= 0.3 is 0 Å². The minimum absolute atomic E-state index is 0.253. The van der Waals surface area contributed by atoms with Gasteiger partial charge in [0, 0.05) is 12.8 Å². The molecular formula is C29H26O. The molecule has 30 heavy (non-hydrogen) atoms. The average molecular weight is 391 g/mol. The molecule has 0 spiro atoms. The van der Waals surface area contributed by atoms with Gasteiger partial charge in [-0.15, -0.1) is 0 Å². The first-order valence-corrected chi connectivity index (χ1v) is 10.5. The maximum atomic E-state index is 12.7. The zero-order valence-electron chi connectivity index (χ0n) is 17.1. The molecule has 0 radical (unpaired) electrons. The summed E-state index contributed by atoms with van der Waals surface area (Å²) in [7, 11) is 0. The van der Waals surface area contributed by atoms with Crippen molar-refractivity contribution in [2.45, 2.75) is 25.7 Å². The number of carbonyl (C=O) groups excluding carboxylic acids is 1. The van der Waals surface area contributed by atoms with Gasteiger partial charge in [-0.3, -0.25) is 4.79 Å². The van der Waals surface area contributed by atoms with E-state index in [4.69, 9.17) is 0 Å². The van der Waals surface area contributed by atoms with Gasteiger partial charge in [0.1, 0.15) is 5.78 Å². The second-order valence-electron chi connectivity index (χ2n) is 7.86. The van der Waals surface area contributed by atoms with E-state index in [2.05, 4.69) is 97.1 Å². The van der Waals surface area contributed by atoms with E-state index in [1.165, 1.54) is 22.3 Å².